The molecule has 9 heteroatoms. The first-order valence-electron chi connectivity index (χ1n) is 22.8. The number of aromatic nitrogens is 1. The molecule has 0 spiro atoms. The van der Waals surface area contributed by atoms with Gasteiger partial charge in [0.15, 0.2) is 18.8 Å². The molecule has 0 N–H and O–H groups in total. The van der Waals surface area contributed by atoms with Crippen LogP contribution in [-0.4, -0.2) is 85.4 Å². The highest BCUT2D eigenvalue weighted by Crippen LogP contribution is 2.51. The number of benzene rings is 1. The lowest BCUT2D eigenvalue weighted by Gasteiger charge is -2.32. The summed E-state index contributed by atoms with van der Waals surface area (Å²) in [5.74, 6) is 3.13. The highest BCUT2D eigenvalue weighted by molar-refractivity contribution is 5.72. The summed E-state index contributed by atoms with van der Waals surface area (Å²) < 4.78 is 37.9. The van der Waals surface area contributed by atoms with Crippen LogP contribution in [0.5, 0.6) is 5.75 Å². The molecule has 338 valence electrons. The van der Waals surface area contributed by atoms with Crippen molar-refractivity contribution >= 4 is 5.69 Å². The summed E-state index contributed by atoms with van der Waals surface area (Å²) in [6.07, 6.45) is 23.0. The van der Waals surface area contributed by atoms with Crippen LogP contribution < -0.4 is 14.2 Å². The Morgan fingerprint density at radius 3 is 2.27 bits per heavy atom. The fourth-order valence-corrected chi connectivity index (χ4v) is 10.2. The summed E-state index contributed by atoms with van der Waals surface area (Å²) in [4.78, 5) is 5.15. The van der Waals surface area contributed by atoms with Crippen LogP contribution >= 0.6 is 0 Å². The van der Waals surface area contributed by atoms with Crippen LogP contribution in [0.2, 0.25) is 0 Å². The summed E-state index contributed by atoms with van der Waals surface area (Å²) in [6, 6.07) is 13.5. The first-order valence-corrected chi connectivity index (χ1v) is 22.8. The first-order chi connectivity index (χ1) is 29.7. The molecule has 2 aliphatic heterocycles. The molecule has 1 fully saturated rings. The van der Waals surface area contributed by atoms with E-state index in [2.05, 4.69) is 148 Å². The minimum Gasteiger partial charge on any atom is -0.497 e. The van der Waals surface area contributed by atoms with E-state index in [0.717, 1.165) is 75.6 Å². The molecule has 4 unspecified atom stereocenters. The summed E-state index contributed by atoms with van der Waals surface area (Å²) >= 11 is 0. The number of ether oxygens (including phenoxy) is 6. The number of rotatable bonds is 20. The standard InChI is InChI=1S/C53H76N3O6/c1-51(2,3)50(46-18-13-14-29-54(46)30-15-33-57-8)62-49-38(21-27-47-52(4,5)42-36-40(60-11)23-25-44(42)55(47)31-16-34-58-9)19-20-39(49)22-28-48-53(6,7)43-37-41(61-12)24-26-45(43)56(48)32-17-35-59-10/h13-14,18,21-29,36-37,42,44,47,50H,15-17,19-20,30-35H2,1-12H3/q+1/b27-21+,39-22+,48-28+. The van der Waals surface area contributed by atoms with Crippen molar-refractivity contribution in [3.63, 3.8) is 0 Å². The van der Waals surface area contributed by atoms with E-state index in [-0.39, 0.29) is 34.4 Å². The van der Waals surface area contributed by atoms with Crippen LogP contribution in [-0.2, 0) is 35.6 Å². The van der Waals surface area contributed by atoms with Crippen molar-refractivity contribution in [2.45, 2.75) is 111 Å². The zero-order valence-corrected chi connectivity index (χ0v) is 40.0. The van der Waals surface area contributed by atoms with Crippen molar-refractivity contribution in [3.05, 3.63) is 125 Å². The molecule has 2 aromatic rings. The maximum absolute atomic E-state index is 7.56. The number of methoxy groups -OCH3 is 5. The van der Waals surface area contributed by atoms with Crippen molar-refractivity contribution < 1.29 is 33.0 Å². The molecular formula is C53H76N3O6+. The molecule has 9 nitrogen and oxygen atoms in total. The summed E-state index contributed by atoms with van der Waals surface area (Å²) in [5.41, 5.74) is 6.90. The van der Waals surface area contributed by atoms with Gasteiger partial charge in [0.1, 0.15) is 17.3 Å². The zero-order valence-electron chi connectivity index (χ0n) is 40.0. The highest BCUT2D eigenvalue weighted by atomic mass is 16.5. The topological polar surface area (TPSA) is 65.7 Å². The van der Waals surface area contributed by atoms with Crippen molar-refractivity contribution in [1.82, 2.24) is 4.90 Å². The number of aryl methyl sites for hydroxylation is 1. The van der Waals surface area contributed by atoms with E-state index >= 15 is 0 Å². The molecule has 6 rings (SSSR count). The third-order valence-electron chi connectivity index (χ3n) is 13.5. The normalized spacial score (nSPS) is 23.7. The Balaban J connectivity index is 1.46. The molecule has 0 bridgehead atoms. The third kappa shape index (κ3) is 10.1. The Kier molecular flexibility index (Phi) is 15.7. The van der Waals surface area contributed by atoms with Crippen molar-refractivity contribution in [1.29, 1.82) is 0 Å². The molecular weight excluding hydrogens is 775 g/mol. The Hall–Kier alpha value is -4.15. The molecule has 1 aromatic heterocycles. The fourth-order valence-electron chi connectivity index (χ4n) is 10.2. The highest BCUT2D eigenvalue weighted by Gasteiger charge is 2.52. The SMILES string of the molecule is COCCCN1/C(=C/C=C2\CCC(/C=C/C3N(CCCOC)C4C=CC(OC)=CC4C3(C)C)=C2OC(c2cccc[n+]2CCCOC)C(C)(C)C)C(C)(C)c2cc(OC)ccc21. The minimum atomic E-state index is -0.242. The lowest BCUT2D eigenvalue weighted by molar-refractivity contribution is -0.709. The molecule has 4 aliphatic rings. The quantitative estimate of drug-likeness (QED) is 0.0965. The van der Waals surface area contributed by atoms with Gasteiger partial charge in [-0.3, -0.25) is 4.90 Å². The molecule has 62 heavy (non-hydrogen) atoms. The summed E-state index contributed by atoms with van der Waals surface area (Å²) in [5, 5.41) is 0. The van der Waals surface area contributed by atoms with Crippen LogP contribution in [0.15, 0.2) is 113 Å². The maximum Gasteiger partial charge on any atom is 0.222 e. The zero-order chi connectivity index (χ0) is 44.7. The van der Waals surface area contributed by atoms with Crippen LogP contribution in [0.3, 0.4) is 0 Å². The number of hydrogen-bond donors (Lipinski definition) is 0. The Morgan fingerprint density at radius 2 is 1.58 bits per heavy atom. The minimum absolute atomic E-state index is 0.0458. The van der Waals surface area contributed by atoms with Gasteiger partial charge in [0, 0.05) is 106 Å². The second kappa shape index (κ2) is 20.6. The smallest absolute Gasteiger partial charge is 0.222 e. The second-order valence-electron chi connectivity index (χ2n) is 19.5. The lowest BCUT2D eigenvalue weighted by atomic mass is 9.73. The molecule has 3 heterocycles. The number of pyridine rings is 1. The average molecular weight is 851 g/mol. The Morgan fingerprint density at radius 1 is 0.855 bits per heavy atom. The Bertz CT molecular complexity index is 2030. The van der Waals surface area contributed by atoms with Gasteiger partial charge in [0.05, 0.1) is 20.8 Å². The predicted molar refractivity (Wildman–Crippen MR) is 250 cm³/mol. The van der Waals surface area contributed by atoms with Gasteiger partial charge in [-0.15, -0.1) is 0 Å². The van der Waals surface area contributed by atoms with Gasteiger partial charge >= 0.3 is 0 Å². The fraction of sp³-hybridized carbons (Fsp3) is 0.566. The van der Waals surface area contributed by atoms with Gasteiger partial charge in [-0.2, -0.15) is 4.57 Å². The van der Waals surface area contributed by atoms with E-state index in [1.165, 1.54) is 33.8 Å². The van der Waals surface area contributed by atoms with E-state index in [1.54, 1.807) is 35.5 Å². The van der Waals surface area contributed by atoms with Gasteiger partial charge in [-0.1, -0.05) is 72.8 Å². The molecule has 0 amide bonds. The van der Waals surface area contributed by atoms with E-state index in [9.17, 15) is 0 Å². The number of fused-ring (bicyclic) bond motifs is 2. The molecule has 2 aliphatic carbocycles. The largest absolute Gasteiger partial charge is 0.497 e. The van der Waals surface area contributed by atoms with Crippen LogP contribution in [0.1, 0.15) is 97.9 Å². The van der Waals surface area contributed by atoms with Crippen molar-refractivity contribution in [3.8, 4) is 5.75 Å². The molecule has 1 aromatic carbocycles. The van der Waals surface area contributed by atoms with Crippen LogP contribution in [0, 0.1) is 16.7 Å². The summed E-state index contributed by atoms with van der Waals surface area (Å²) in [7, 11) is 8.85. The van der Waals surface area contributed by atoms with Gasteiger partial charge < -0.3 is 33.3 Å². The van der Waals surface area contributed by atoms with E-state index in [1.807, 2.05) is 0 Å². The monoisotopic (exact) mass is 851 g/mol. The number of allylic oxidation sites excluding steroid dienone is 7. The number of hydrogen-bond acceptors (Lipinski definition) is 8. The van der Waals surface area contributed by atoms with Gasteiger partial charge in [0.25, 0.3) is 0 Å². The first kappa shape index (κ1) is 47.3. The molecule has 4 atom stereocenters. The maximum atomic E-state index is 7.56. The Labute approximate surface area is 373 Å². The molecule has 0 radical (unpaired) electrons. The van der Waals surface area contributed by atoms with Crippen molar-refractivity contribution in [2.75, 3.05) is 73.4 Å². The van der Waals surface area contributed by atoms with Crippen LogP contribution in [0.4, 0.5) is 5.69 Å². The number of anilines is 1. The van der Waals surface area contributed by atoms with Gasteiger partial charge in [-0.05, 0) is 90.3 Å². The van der Waals surface area contributed by atoms with E-state index in [0.29, 0.717) is 19.1 Å². The molecule has 1 saturated heterocycles. The molecule has 0 saturated carbocycles. The lowest BCUT2D eigenvalue weighted by Crippen LogP contribution is -2.42. The second-order valence-corrected chi connectivity index (χ2v) is 19.5. The average Bonchev–Trinajstić information content (AvgIpc) is 3.81. The predicted octanol–water partition coefficient (Wildman–Crippen LogP) is 10.2. The third-order valence-corrected chi connectivity index (χ3v) is 13.5. The van der Waals surface area contributed by atoms with Gasteiger partial charge in [0.2, 0.25) is 5.69 Å². The van der Waals surface area contributed by atoms with Crippen LogP contribution in [0.25, 0.3) is 0 Å². The van der Waals surface area contributed by atoms with E-state index in [4.69, 9.17) is 28.4 Å². The van der Waals surface area contributed by atoms with Gasteiger partial charge in [-0.25, -0.2) is 0 Å². The number of nitrogens with zero attached hydrogens (tertiary/aromatic N) is 3. The summed E-state index contributed by atoms with van der Waals surface area (Å²) in [6.45, 7) is 21.2. The number of likely N-dealkylation sites (tertiary alicyclic amines) is 1. The van der Waals surface area contributed by atoms with E-state index < -0.39 is 0 Å². The van der Waals surface area contributed by atoms with Crippen molar-refractivity contribution in [2.24, 2.45) is 16.7 Å².